The van der Waals surface area contributed by atoms with Gasteiger partial charge in [-0.25, -0.2) is 0 Å². The minimum absolute atomic E-state index is 0.0741. The third-order valence-corrected chi connectivity index (χ3v) is 5.94. The molecule has 5 heteroatoms. The summed E-state index contributed by atoms with van der Waals surface area (Å²) < 4.78 is 17.1. The van der Waals surface area contributed by atoms with Crippen molar-refractivity contribution in [2.45, 2.75) is 57.7 Å². The number of aliphatic hydroxyl groups excluding tert-OH is 1. The highest BCUT2D eigenvalue weighted by Gasteiger charge is 2.60. The number of aliphatic hydroxyl groups is 1. The van der Waals surface area contributed by atoms with E-state index in [-0.39, 0.29) is 24.6 Å². The first kappa shape index (κ1) is 16.9. The Hall–Kier alpha value is -0.910. The lowest BCUT2D eigenvalue weighted by atomic mass is 9.49. The average Bonchev–Trinajstić information content (AvgIpc) is 2.98. The molecule has 2 atom stereocenters. The summed E-state index contributed by atoms with van der Waals surface area (Å²) in [7, 11) is 0. The highest BCUT2D eigenvalue weighted by molar-refractivity contribution is 5.79. The van der Waals surface area contributed by atoms with Crippen LogP contribution >= 0.6 is 0 Å². The second kappa shape index (κ2) is 6.54. The summed E-state index contributed by atoms with van der Waals surface area (Å²) in [6.45, 7) is 3.17. The molecular weight excluding hydrogens is 296 g/mol. The van der Waals surface area contributed by atoms with Gasteiger partial charge in [0.2, 0.25) is 0 Å². The zero-order chi connectivity index (χ0) is 16.4. The van der Waals surface area contributed by atoms with Gasteiger partial charge in [-0.15, -0.1) is 0 Å². The van der Waals surface area contributed by atoms with E-state index in [0.717, 1.165) is 38.5 Å². The van der Waals surface area contributed by atoms with Crippen molar-refractivity contribution in [1.82, 2.24) is 0 Å². The van der Waals surface area contributed by atoms with E-state index >= 15 is 0 Å². The van der Waals surface area contributed by atoms with Crippen molar-refractivity contribution in [3.8, 4) is 0 Å². The Kier molecular flexibility index (Phi) is 4.81. The number of hydrogen-bond donors (Lipinski definition) is 1. The molecule has 3 rings (SSSR count). The summed E-state index contributed by atoms with van der Waals surface area (Å²) in [5, 5.41) is 9.01. The first-order valence-electron chi connectivity index (χ1n) is 8.77. The number of carbonyl (C=O) groups is 1. The molecule has 0 bridgehead atoms. The van der Waals surface area contributed by atoms with Crippen molar-refractivity contribution in [2.24, 2.45) is 10.8 Å². The van der Waals surface area contributed by atoms with E-state index in [1.807, 2.05) is 6.92 Å². The lowest BCUT2D eigenvalue weighted by molar-refractivity contribution is -0.204. The minimum Gasteiger partial charge on any atom is -0.463 e. The van der Waals surface area contributed by atoms with Gasteiger partial charge in [-0.05, 0) is 38.0 Å². The SMILES string of the molecule is CC1(C[C@]23CC=CC[C@@]2(C(=O)OCCO)CCCC3)OCCO1. The summed E-state index contributed by atoms with van der Waals surface area (Å²) in [5.74, 6) is -0.761. The number of carbonyl (C=O) groups excluding carboxylic acids is 1. The van der Waals surface area contributed by atoms with Crippen LogP contribution in [0.1, 0.15) is 51.9 Å². The van der Waals surface area contributed by atoms with Crippen LogP contribution in [0.15, 0.2) is 12.2 Å². The summed E-state index contributed by atoms with van der Waals surface area (Å²) in [5.41, 5.74) is -0.681. The molecule has 130 valence electrons. The summed E-state index contributed by atoms with van der Waals surface area (Å²) in [6.07, 6.45) is 10.6. The van der Waals surface area contributed by atoms with Gasteiger partial charge in [0.1, 0.15) is 6.61 Å². The molecule has 0 spiro atoms. The molecule has 0 amide bonds. The predicted molar refractivity (Wildman–Crippen MR) is 84.7 cm³/mol. The average molecular weight is 324 g/mol. The van der Waals surface area contributed by atoms with Gasteiger partial charge in [0.25, 0.3) is 0 Å². The third kappa shape index (κ3) is 2.94. The lowest BCUT2D eigenvalue weighted by Gasteiger charge is -2.55. The first-order valence-corrected chi connectivity index (χ1v) is 8.77. The van der Waals surface area contributed by atoms with Gasteiger partial charge in [-0.2, -0.15) is 0 Å². The molecule has 0 aromatic heterocycles. The fraction of sp³-hybridized carbons (Fsp3) is 0.833. The molecule has 0 aromatic rings. The highest BCUT2D eigenvalue weighted by Crippen LogP contribution is 2.61. The molecule has 23 heavy (non-hydrogen) atoms. The number of hydrogen-bond acceptors (Lipinski definition) is 5. The van der Waals surface area contributed by atoms with Gasteiger partial charge < -0.3 is 19.3 Å². The van der Waals surface area contributed by atoms with E-state index < -0.39 is 11.2 Å². The van der Waals surface area contributed by atoms with E-state index in [1.54, 1.807) is 0 Å². The summed E-state index contributed by atoms with van der Waals surface area (Å²) in [6, 6.07) is 0. The van der Waals surface area contributed by atoms with Crippen molar-refractivity contribution in [2.75, 3.05) is 26.4 Å². The van der Waals surface area contributed by atoms with Gasteiger partial charge in [0.05, 0.1) is 25.2 Å². The zero-order valence-corrected chi connectivity index (χ0v) is 14.0. The van der Waals surface area contributed by atoms with Gasteiger partial charge >= 0.3 is 5.97 Å². The maximum absolute atomic E-state index is 12.9. The minimum atomic E-state index is -0.606. The van der Waals surface area contributed by atoms with E-state index in [0.29, 0.717) is 19.6 Å². The summed E-state index contributed by atoms with van der Waals surface area (Å²) in [4.78, 5) is 12.9. The van der Waals surface area contributed by atoms with Gasteiger partial charge in [-0.1, -0.05) is 25.0 Å². The van der Waals surface area contributed by atoms with Crippen molar-refractivity contribution in [3.63, 3.8) is 0 Å². The molecule has 1 aliphatic heterocycles. The molecule has 5 nitrogen and oxygen atoms in total. The Morgan fingerprint density at radius 2 is 1.87 bits per heavy atom. The van der Waals surface area contributed by atoms with Crippen LogP contribution in [0.25, 0.3) is 0 Å². The van der Waals surface area contributed by atoms with Gasteiger partial charge in [0, 0.05) is 6.42 Å². The normalized spacial score (nSPS) is 35.7. The molecule has 0 unspecified atom stereocenters. The van der Waals surface area contributed by atoms with Crippen molar-refractivity contribution < 1.29 is 24.1 Å². The number of rotatable bonds is 5. The van der Waals surface area contributed by atoms with Crippen LogP contribution in [0.4, 0.5) is 0 Å². The quantitative estimate of drug-likeness (QED) is 0.622. The molecule has 1 saturated carbocycles. The van der Waals surface area contributed by atoms with Crippen LogP contribution in [-0.2, 0) is 19.0 Å². The molecule has 3 aliphatic rings. The van der Waals surface area contributed by atoms with Gasteiger partial charge in [0.15, 0.2) is 5.79 Å². The number of esters is 1. The Morgan fingerprint density at radius 1 is 1.17 bits per heavy atom. The van der Waals surface area contributed by atoms with E-state index in [1.165, 1.54) is 0 Å². The Morgan fingerprint density at radius 3 is 2.61 bits per heavy atom. The van der Waals surface area contributed by atoms with E-state index in [4.69, 9.17) is 19.3 Å². The third-order valence-electron chi connectivity index (χ3n) is 5.94. The second-order valence-corrected chi connectivity index (χ2v) is 7.32. The molecule has 2 aliphatic carbocycles. The maximum Gasteiger partial charge on any atom is 0.313 e. The van der Waals surface area contributed by atoms with Crippen LogP contribution < -0.4 is 0 Å². The molecular formula is C18H28O5. The monoisotopic (exact) mass is 324 g/mol. The number of ether oxygens (including phenoxy) is 3. The van der Waals surface area contributed by atoms with Crippen molar-refractivity contribution in [3.05, 3.63) is 12.2 Å². The second-order valence-electron chi connectivity index (χ2n) is 7.32. The number of fused-ring (bicyclic) bond motifs is 1. The molecule has 2 fully saturated rings. The lowest BCUT2D eigenvalue weighted by Crippen LogP contribution is -2.54. The van der Waals surface area contributed by atoms with Crippen LogP contribution in [0.2, 0.25) is 0 Å². The predicted octanol–water partition coefficient (Wildman–Crippen LogP) is 2.57. The molecule has 1 heterocycles. The fourth-order valence-electron chi connectivity index (χ4n) is 4.89. The van der Waals surface area contributed by atoms with Crippen LogP contribution in [0, 0.1) is 10.8 Å². The van der Waals surface area contributed by atoms with E-state index in [9.17, 15) is 4.79 Å². The Balaban J connectivity index is 1.91. The Labute approximate surface area is 138 Å². The summed E-state index contributed by atoms with van der Waals surface area (Å²) >= 11 is 0. The largest absolute Gasteiger partial charge is 0.463 e. The molecule has 1 N–H and O–H groups in total. The van der Waals surface area contributed by atoms with Crippen LogP contribution in [0.3, 0.4) is 0 Å². The molecule has 1 saturated heterocycles. The van der Waals surface area contributed by atoms with E-state index in [2.05, 4.69) is 12.2 Å². The zero-order valence-electron chi connectivity index (χ0n) is 14.0. The first-order chi connectivity index (χ1) is 11.1. The van der Waals surface area contributed by atoms with Crippen LogP contribution in [0.5, 0.6) is 0 Å². The maximum atomic E-state index is 12.9. The van der Waals surface area contributed by atoms with Crippen molar-refractivity contribution >= 4 is 5.97 Å². The Bertz CT molecular complexity index is 468. The standard InChI is InChI=1S/C18H28O5/c1-16(22-12-13-23-16)14-17-6-2-4-8-18(17,9-5-3-7-17)15(20)21-11-10-19/h2,4,19H,3,5-14H2,1H3/t17-,18+/m1/s1. The van der Waals surface area contributed by atoms with Crippen molar-refractivity contribution in [1.29, 1.82) is 0 Å². The van der Waals surface area contributed by atoms with Gasteiger partial charge in [-0.3, -0.25) is 4.79 Å². The molecule has 0 radical (unpaired) electrons. The van der Waals surface area contributed by atoms with Crippen LogP contribution in [-0.4, -0.2) is 43.3 Å². The molecule has 0 aromatic carbocycles. The smallest absolute Gasteiger partial charge is 0.313 e. The topological polar surface area (TPSA) is 65.0 Å². The fourth-order valence-corrected chi connectivity index (χ4v) is 4.89. The number of allylic oxidation sites excluding steroid dienone is 2. The highest BCUT2D eigenvalue weighted by atomic mass is 16.7.